The van der Waals surface area contributed by atoms with Crippen LogP contribution in [-0.2, 0) is 0 Å². The molecule has 0 aromatic heterocycles. The van der Waals surface area contributed by atoms with E-state index in [9.17, 15) is 5.11 Å². The number of halogens is 1. The zero-order valence-corrected chi connectivity index (χ0v) is 11.8. The minimum absolute atomic E-state index is 0.167. The molecule has 0 heterocycles. The summed E-state index contributed by atoms with van der Waals surface area (Å²) in [5.41, 5.74) is 0.275. The quantitative estimate of drug-likeness (QED) is 0.917. The fraction of sp³-hybridized carbons (Fsp3) is 0.538. The van der Waals surface area contributed by atoms with Crippen molar-refractivity contribution in [1.29, 1.82) is 0 Å². The van der Waals surface area contributed by atoms with E-state index < -0.39 is 5.60 Å². The molecule has 0 radical (unpaired) electrons. The van der Waals surface area contributed by atoms with Crippen LogP contribution in [0.15, 0.2) is 22.7 Å². The Balaban J connectivity index is 2.71. The fourth-order valence-electron chi connectivity index (χ4n) is 1.12. The van der Waals surface area contributed by atoms with E-state index in [0.29, 0.717) is 6.61 Å². The molecule has 2 nitrogen and oxygen atoms in total. The van der Waals surface area contributed by atoms with Gasteiger partial charge in [-0.2, -0.15) is 0 Å². The molecule has 0 bridgehead atoms. The molecule has 16 heavy (non-hydrogen) atoms. The van der Waals surface area contributed by atoms with E-state index in [1.54, 1.807) is 6.92 Å². The van der Waals surface area contributed by atoms with Crippen LogP contribution in [0.5, 0.6) is 5.75 Å². The minimum atomic E-state index is -0.797. The highest BCUT2D eigenvalue weighted by molar-refractivity contribution is 9.10. The van der Waals surface area contributed by atoms with Crippen LogP contribution in [-0.4, -0.2) is 17.3 Å². The topological polar surface area (TPSA) is 29.5 Å². The Morgan fingerprint density at radius 3 is 2.62 bits per heavy atom. The lowest BCUT2D eigenvalue weighted by Gasteiger charge is -2.27. The molecule has 1 rings (SSSR count). The van der Waals surface area contributed by atoms with Crippen molar-refractivity contribution in [3.63, 3.8) is 0 Å². The first-order valence-corrected chi connectivity index (χ1v) is 6.23. The number of aliphatic hydroxyl groups is 1. The van der Waals surface area contributed by atoms with E-state index in [2.05, 4.69) is 15.9 Å². The second-order valence-electron chi connectivity index (χ2n) is 4.71. The van der Waals surface area contributed by atoms with Crippen LogP contribution in [0.4, 0.5) is 0 Å². The maximum atomic E-state index is 10.1. The van der Waals surface area contributed by atoms with E-state index in [1.807, 2.05) is 39.0 Å². The molecule has 1 N–H and O–H groups in total. The third-order valence-corrected chi connectivity index (χ3v) is 3.41. The van der Waals surface area contributed by atoms with Gasteiger partial charge in [0.15, 0.2) is 0 Å². The van der Waals surface area contributed by atoms with E-state index >= 15 is 0 Å². The van der Waals surface area contributed by atoms with Crippen LogP contribution in [0.2, 0.25) is 0 Å². The van der Waals surface area contributed by atoms with Gasteiger partial charge in [0.05, 0.1) is 5.60 Å². The summed E-state index contributed by atoms with van der Waals surface area (Å²) in [6.45, 7) is 8.06. The van der Waals surface area contributed by atoms with Crippen molar-refractivity contribution in [2.75, 3.05) is 6.61 Å². The molecular formula is C13H19BrO2. The molecule has 0 aliphatic heterocycles. The molecule has 90 valence electrons. The summed E-state index contributed by atoms with van der Waals surface area (Å²) in [5.74, 6) is 0.982. The average molecular weight is 287 g/mol. The molecule has 0 saturated heterocycles. The Kier molecular flexibility index (Phi) is 4.39. The minimum Gasteiger partial charge on any atom is -0.490 e. The summed E-state index contributed by atoms with van der Waals surface area (Å²) in [4.78, 5) is 0. The second-order valence-corrected chi connectivity index (χ2v) is 5.63. The predicted octanol–water partition coefficient (Wildman–Crippen LogP) is 3.54. The Morgan fingerprint density at radius 1 is 1.44 bits per heavy atom. The highest BCUT2D eigenvalue weighted by Crippen LogP contribution is 2.25. The first-order valence-electron chi connectivity index (χ1n) is 5.44. The molecule has 1 aromatic rings. The third-order valence-electron chi connectivity index (χ3n) is 2.91. The van der Waals surface area contributed by atoms with Crippen molar-refractivity contribution in [3.05, 3.63) is 28.2 Å². The lowest BCUT2D eigenvalue weighted by atomic mass is 9.94. The van der Waals surface area contributed by atoms with Gasteiger partial charge in [0.1, 0.15) is 12.4 Å². The third kappa shape index (κ3) is 3.49. The SMILES string of the molecule is Cc1ccc(Br)cc1OCC(C)(O)C(C)C. The highest BCUT2D eigenvalue weighted by Gasteiger charge is 2.25. The van der Waals surface area contributed by atoms with Crippen LogP contribution in [0, 0.1) is 12.8 Å². The van der Waals surface area contributed by atoms with E-state index in [1.165, 1.54) is 0 Å². The Labute approximate surface area is 106 Å². The number of aryl methyl sites for hydroxylation is 1. The lowest BCUT2D eigenvalue weighted by molar-refractivity contribution is -0.0268. The second kappa shape index (κ2) is 5.19. The average Bonchev–Trinajstić information content (AvgIpc) is 2.19. The highest BCUT2D eigenvalue weighted by atomic mass is 79.9. The molecule has 0 aliphatic rings. The Bertz CT molecular complexity index is 359. The van der Waals surface area contributed by atoms with Gasteiger partial charge in [0, 0.05) is 4.47 Å². The van der Waals surface area contributed by atoms with Gasteiger partial charge in [-0.25, -0.2) is 0 Å². The van der Waals surface area contributed by atoms with Crippen molar-refractivity contribution in [2.24, 2.45) is 5.92 Å². The standard InChI is InChI=1S/C13H19BrO2/c1-9(2)13(4,15)8-16-12-7-11(14)6-5-10(12)3/h5-7,9,15H,8H2,1-4H3. The fourth-order valence-corrected chi connectivity index (χ4v) is 1.46. The van der Waals surface area contributed by atoms with Gasteiger partial charge >= 0.3 is 0 Å². The van der Waals surface area contributed by atoms with Gasteiger partial charge in [0.25, 0.3) is 0 Å². The zero-order chi connectivity index (χ0) is 12.3. The van der Waals surface area contributed by atoms with E-state index in [4.69, 9.17) is 4.74 Å². The molecular weight excluding hydrogens is 268 g/mol. The summed E-state index contributed by atoms with van der Waals surface area (Å²) in [6, 6.07) is 5.89. The van der Waals surface area contributed by atoms with Gasteiger partial charge in [-0.15, -0.1) is 0 Å². The number of ether oxygens (including phenoxy) is 1. The van der Waals surface area contributed by atoms with Gasteiger partial charge in [-0.1, -0.05) is 35.8 Å². The molecule has 1 atom stereocenters. The van der Waals surface area contributed by atoms with Crippen molar-refractivity contribution < 1.29 is 9.84 Å². The van der Waals surface area contributed by atoms with Gasteiger partial charge in [-0.3, -0.25) is 0 Å². The molecule has 1 unspecified atom stereocenters. The van der Waals surface area contributed by atoms with Crippen LogP contribution >= 0.6 is 15.9 Å². The van der Waals surface area contributed by atoms with Crippen LogP contribution < -0.4 is 4.74 Å². The lowest BCUT2D eigenvalue weighted by Crippen LogP contribution is -2.37. The molecule has 0 saturated carbocycles. The number of hydrogen-bond acceptors (Lipinski definition) is 2. The predicted molar refractivity (Wildman–Crippen MR) is 69.8 cm³/mol. The Morgan fingerprint density at radius 2 is 2.06 bits per heavy atom. The Hall–Kier alpha value is -0.540. The van der Waals surface area contributed by atoms with Crippen molar-refractivity contribution in [3.8, 4) is 5.75 Å². The molecule has 0 fully saturated rings. The molecule has 3 heteroatoms. The number of hydrogen-bond donors (Lipinski definition) is 1. The normalized spacial score (nSPS) is 14.9. The van der Waals surface area contributed by atoms with Crippen LogP contribution in [0.1, 0.15) is 26.3 Å². The first kappa shape index (κ1) is 13.5. The van der Waals surface area contributed by atoms with Gasteiger partial charge < -0.3 is 9.84 Å². The van der Waals surface area contributed by atoms with Crippen molar-refractivity contribution in [1.82, 2.24) is 0 Å². The maximum absolute atomic E-state index is 10.1. The summed E-state index contributed by atoms with van der Waals surface area (Å²) in [6.07, 6.45) is 0. The summed E-state index contributed by atoms with van der Waals surface area (Å²) < 4.78 is 6.65. The van der Waals surface area contributed by atoms with E-state index in [0.717, 1.165) is 15.8 Å². The summed E-state index contributed by atoms with van der Waals surface area (Å²) in [7, 11) is 0. The molecule has 1 aromatic carbocycles. The number of benzene rings is 1. The summed E-state index contributed by atoms with van der Waals surface area (Å²) in [5, 5.41) is 10.1. The van der Waals surface area contributed by atoms with Gasteiger partial charge in [0.2, 0.25) is 0 Å². The van der Waals surface area contributed by atoms with E-state index in [-0.39, 0.29) is 5.92 Å². The monoisotopic (exact) mass is 286 g/mol. The molecule has 0 aliphatic carbocycles. The smallest absolute Gasteiger partial charge is 0.123 e. The van der Waals surface area contributed by atoms with Crippen molar-refractivity contribution in [2.45, 2.75) is 33.3 Å². The number of rotatable bonds is 4. The maximum Gasteiger partial charge on any atom is 0.123 e. The molecule has 0 spiro atoms. The van der Waals surface area contributed by atoms with Crippen molar-refractivity contribution >= 4 is 15.9 Å². The molecule has 0 amide bonds. The zero-order valence-electron chi connectivity index (χ0n) is 10.2. The van der Waals surface area contributed by atoms with Gasteiger partial charge in [-0.05, 0) is 37.5 Å². The largest absolute Gasteiger partial charge is 0.490 e. The van der Waals surface area contributed by atoms with Crippen LogP contribution in [0.25, 0.3) is 0 Å². The summed E-state index contributed by atoms with van der Waals surface area (Å²) >= 11 is 3.40. The van der Waals surface area contributed by atoms with Crippen LogP contribution in [0.3, 0.4) is 0 Å². The first-order chi connectivity index (χ1) is 7.33.